The Morgan fingerprint density at radius 3 is 2.92 bits per heavy atom. The first-order valence-electron chi connectivity index (χ1n) is 4.71. The molecule has 1 fully saturated rings. The Labute approximate surface area is 74.1 Å². The van der Waals surface area contributed by atoms with E-state index < -0.39 is 0 Å². The van der Waals surface area contributed by atoms with Gasteiger partial charge in [-0.1, -0.05) is 13.8 Å². The van der Waals surface area contributed by atoms with Crippen molar-refractivity contribution in [2.75, 3.05) is 13.2 Å². The van der Waals surface area contributed by atoms with Crippen molar-refractivity contribution >= 4 is 0 Å². The van der Waals surface area contributed by atoms with Gasteiger partial charge in [0.05, 0.1) is 6.61 Å². The Kier molecular flexibility index (Phi) is 3.98. The Bertz CT molecular complexity index is 128. The molecule has 0 aromatic heterocycles. The molecular formula is C9H19NO2. The van der Waals surface area contributed by atoms with Crippen molar-refractivity contribution in [1.29, 1.82) is 0 Å². The van der Waals surface area contributed by atoms with Crippen molar-refractivity contribution in [2.24, 2.45) is 5.92 Å². The maximum atomic E-state index is 8.67. The predicted molar refractivity (Wildman–Crippen MR) is 47.8 cm³/mol. The molecule has 1 aliphatic rings. The monoisotopic (exact) mass is 173 g/mol. The van der Waals surface area contributed by atoms with Crippen LogP contribution in [0, 0.1) is 5.92 Å². The zero-order valence-electron chi connectivity index (χ0n) is 7.92. The molecule has 1 aliphatic heterocycles. The summed E-state index contributed by atoms with van der Waals surface area (Å²) in [6, 6.07) is 0.488. The van der Waals surface area contributed by atoms with E-state index in [-0.39, 0.29) is 12.8 Å². The maximum Gasteiger partial charge on any atom is 0.110 e. The minimum Gasteiger partial charge on any atom is -0.396 e. The van der Waals surface area contributed by atoms with Crippen LogP contribution in [0.3, 0.4) is 0 Å². The summed E-state index contributed by atoms with van der Waals surface area (Å²) < 4.78 is 5.44. The highest BCUT2D eigenvalue weighted by Crippen LogP contribution is 2.13. The van der Waals surface area contributed by atoms with Crippen molar-refractivity contribution in [3.05, 3.63) is 0 Å². The van der Waals surface area contributed by atoms with Gasteiger partial charge in [-0.15, -0.1) is 0 Å². The largest absolute Gasteiger partial charge is 0.396 e. The lowest BCUT2D eigenvalue weighted by Crippen LogP contribution is -2.31. The van der Waals surface area contributed by atoms with E-state index in [9.17, 15) is 0 Å². The highest BCUT2D eigenvalue weighted by atomic mass is 16.5. The molecule has 12 heavy (non-hydrogen) atoms. The summed E-state index contributed by atoms with van der Waals surface area (Å²) in [5.74, 6) is 0.707. The van der Waals surface area contributed by atoms with Gasteiger partial charge in [0, 0.05) is 19.1 Å². The molecule has 3 nitrogen and oxygen atoms in total. The van der Waals surface area contributed by atoms with Crippen molar-refractivity contribution in [2.45, 2.75) is 39.0 Å². The fraction of sp³-hybridized carbons (Fsp3) is 1.00. The van der Waals surface area contributed by atoms with E-state index in [1.165, 1.54) is 0 Å². The molecule has 1 heterocycles. The van der Waals surface area contributed by atoms with Crippen LogP contribution >= 0.6 is 0 Å². The Balaban J connectivity index is 2.16. The lowest BCUT2D eigenvalue weighted by atomic mass is 10.1. The van der Waals surface area contributed by atoms with Gasteiger partial charge in [0.25, 0.3) is 0 Å². The van der Waals surface area contributed by atoms with Crippen LogP contribution in [0.2, 0.25) is 0 Å². The van der Waals surface area contributed by atoms with Crippen LogP contribution in [0.4, 0.5) is 0 Å². The van der Waals surface area contributed by atoms with Gasteiger partial charge in [0.1, 0.15) is 6.23 Å². The first kappa shape index (κ1) is 9.96. The first-order chi connectivity index (χ1) is 5.72. The van der Waals surface area contributed by atoms with E-state index in [0.717, 1.165) is 13.0 Å². The quantitative estimate of drug-likeness (QED) is 0.658. The second-order valence-electron chi connectivity index (χ2n) is 3.83. The molecule has 0 spiro atoms. The fourth-order valence-corrected chi connectivity index (χ4v) is 1.58. The molecule has 2 atom stereocenters. The predicted octanol–water partition coefficient (Wildman–Crippen LogP) is 0.729. The lowest BCUT2D eigenvalue weighted by Gasteiger charge is -2.12. The number of ether oxygens (including phenoxy) is 1. The summed E-state index contributed by atoms with van der Waals surface area (Å²) in [6.45, 7) is 5.41. The van der Waals surface area contributed by atoms with Crippen LogP contribution in [0.25, 0.3) is 0 Å². The molecule has 0 aromatic carbocycles. The lowest BCUT2D eigenvalue weighted by molar-refractivity contribution is 0.0764. The van der Waals surface area contributed by atoms with Crippen LogP contribution in [0.1, 0.15) is 26.7 Å². The number of nitrogens with one attached hydrogen (secondary N) is 1. The highest BCUT2D eigenvalue weighted by Gasteiger charge is 2.23. The van der Waals surface area contributed by atoms with E-state index in [0.29, 0.717) is 18.4 Å². The topological polar surface area (TPSA) is 41.5 Å². The van der Waals surface area contributed by atoms with Crippen LogP contribution in [0.15, 0.2) is 0 Å². The van der Waals surface area contributed by atoms with Crippen molar-refractivity contribution in [3.63, 3.8) is 0 Å². The SMILES string of the molecule is CC(C)CC1COC(CCO)N1. The van der Waals surface area contributed by atoms with Gasteiger partial charge in [0.2, 0.25) is 0 Å². The molecule has 0 aliphatic carbocycles. The molecular weight excluding hydrogens is 154 g/mol. The van der Waals surface area contributed by atoms with Crippen molar-refractivity contribution < 1.29 is 9.84 Å². The second kappa shape index (κ2) is 4.80. The second-order valence-corrected chi connectivity index (χ2v) is 3.83. The summed E-state index contributed by atoms with van der Waals surface area (Å²) in [4.78, 5) is 0. The Morgan fingerprint density at radius 1 is 1.58 bits per heavy atom. The number of hydrogen-bond donors (Lipinski definition) is 2. The van der Waals surface area contributed by atoms with Crippen LogP contribution < -0.4 is 5.32 Å². The maximum absolute atomic E-state index is 8.67. The molecule has 0 bridgehead atoms. The minimum absolute atomic E-state index is 0.0822. The summed E-state index contributed by atoms with van der Waals surface area (Å²) in [5, 5.41) is 12.0. The normalized spacial score (nSPS) is 30.0. The van der Waals surface area contributed by atoms with Crippen LogP contribution in [-0.4, -0.2) is 30.6 Å². The molecule has 2 unspecified atom stereocenters. The van der Waals surface area contributed by atoms with Gasteiger partial charge in [-0.3, -0.25) is 5.32 Å². The van der Waals surface area contributed by atoms with Gasteiger partial charge in [0.15, 0.2) is 0 Å². The summed E-state index contributed by atoms with van der Waals surface area (Å²) in [5.41, 5.74) is 0. The van der Waals surface area contributed by atoms with Gasteiger partial charge < -0.3 is 9.84 Å². The van der Waals surface area contributed by atoms with E-state index in [1.54, 1.807) is 0 Å². The van der Waals surface area contributed by atoms with Gasteiger partial charge in [-0.2, -0.15) is 0 Å². The third-order valence-corrected chi connectivity index (χ3v) is 2.07. The Hall–Kier alpha value is -0.120. The van der Waals surface area contributed by atoms with E-state index in [4.69, 9.17) is 9.84 Å². The zero-order chi connectivity index (χ0) is 8.97. The molecule has 0 aromatic rings. The molecule has 0 amide bonds. The van der Waals surface area contributed by atoms with E-state index in [1.807, 2.05) is 0 Å². The number of aliphatic hydroxyl groups excluding tert-OH is 1. The summed E-state index contributed by atoms with van der Waals surface area (Å²) >= 11 is 0. The van der Waals surface area contributed by atoms with E-state index >= 15 is 0 Å². The van der Waals surface area contributed by atoms with E-state index in [2.05, 4.69) is 19.2 Å². The van der Waals surface area contributed by atoms with Gasteiger partial charge >= 0.3 is 0 Å². The number of aliphatic hydroxyl groups is 1. The standard InChI is InChI=1S/C9H19NO2/c1-7(2)5-8-6-12-9(10-8)3-4-11/h7-11H,3-6H2,1-2H3. The molecule has 3 heteroatoms. The molecule has 1 saturated heterocycles. The first-order valence-corrected chi connectivity index (χ1v) is 4.71. The third-order valence-electron chi connectivity index (χ3n) is 2.07. The van der Waals surface area contributed by atoms with Crippen LogP contribution in [0.5, 0.6) is 0 Å². The van der Waals surface area contributed by atoms with Gasteiger partial charge in [-0.25, -0.2) is 0 Å². The van der Waals surface area contributed by atoms with Gasteiger partial charge in [-0.05, 0) is 12.3 Å². The molecule has 0 saturated carbocycles. The average Bonchev–Trinajstić information content (AvgIpc) is 2.36. The van der Waals surface area contributed by atoms with Crippen molar-refractivity contribution in [3.8, 4) is 0 Å². The third kappa shape index (κ3) is 3.09. The zero-order valence-corrected chi connectivity index (χ0v) is 7.92. The highest BCUT2D eigenvalue weighted by molar-refractivity contribution is 4.76. The summed E-state index contributed by atoms with van der Waals surface area (Å²) in [6.07, 6.45) is 1.94. The number of hydrogen-bond acceptors (Lipinski definition) is 3. The molecule has 72 valence electrons. The molecule has 0 radical (unpaired) electrons. The van der Waals surface area contributed by atoms with Crippen molar-refractivity contribution in [1.82, 2.24) is 5.32 Å². The summed E-state index contributed by atoms with van der Waals surface area (Å²) in [7, 11) is 0. The van der Waals surface area contributed by atoms with Crippen LogP contribution in [-0.2, 0) is 4.74 Å². The fourth-order valence-electron chi connectivity index (χ4n) is 1.58. The smallest absolute Gasteiger partial charge is 0.110 e. The average molecular weight is 173 g/mol. The molecule has 1 rings (SSSR count). The Morgan fingerprint density at radius 2 is 2.33 bits per heavy atom. The minimum atomic E-state index is 0.0822. The molecule has 2 N–H and O–H groups in total. The number of rotatable bonds is 4.